The van der Waals surface area contributed by atoms with E-state index < -0.39 is 84.8 Å². The van der Waals surface area contributed by atoms with Crippen molar-refractivity contribution in [1.82, 2.24) is 41.8 Å². The molecule has 6 amide bonds. The van der Waals surface area contributed by atoms with Crippen molar-refractivity contribution in [1.29, 1.82) is 0 Å². The van der Waals surface area contributed by atoms with E-state index in [1.807, 2.05) is 0 Å². The van der Waals surface area contributed by atoms with Gasteiger partial charge >= 0.3 is 0 Å². The molecule has 0 radical (unpaired) electrons. The van der Waals surface area contributed by atoms with Gasteiger partial charge < -0.3 is 57.5 Å². The molecule has 55 heavy (non-hydrogen) atoms. The molecule has 0 bridgehead atoms. The van der Waals surface area contributed by atoms with E-state index in [1.165, 1.54) is 20.8 Å². The Morgan fingerprint density at radius 3 is 1.53 bits per heavy atom. The SMILES string of the molecule is CC(O)N(O)CCC[C@@H]1NC(=O)C=NC(=O)[C@@H](Cc2ccccc2)NC(=O)CNC(=O)[C@H](CCCN(O)C(C)O)NC(=O)[C@H](CCCN(O)C(C)O)NC1=O. The van der Waals surface area contributed by atoms with Crippen molar-refractivity contribution in [3.63, 3.8) is 0 Å². The average Bonchev–Trinajstić information content (AvgIpc) is 3.13. The van der Waals surface area contributed by atoms with Crippen molar-refractivity contribution < 1.29 is 59.7 Å². The van der Waals surface area contributed by atoms with Crippen LogP contribution in [0.1, 0.15) is 64.9 Å². The van der Waals surface area contributed by atoms with Crippen LogP contribution in [0.3, 0.4) is 0 Å². The number of rotatable bonds is 17. The molecule has 0 saturated carbocycles. The van der Waals surface area contributed by atoms with Gasteiger partial charge in [0.15, 0.2) is 0 Å². The molecule has 308 valence electrons. The second kappa shape index (κ2) is 24.1. The minimum atomic E-state index is -1.39. The van der Waals surface area contributed by atoms with E-state index in [0.29, 0.717) is 27.0 Å². The zero-order valence-corrected chi connectivity index (χ0v) is 31.2. The van der Waals surface area contributed by atoms with Crippen LogP contribution in [0.4, 0.5) is 0 Å². The van der Waals surface area contributed by atoms with Gasteiger partial charge in [-0.25, -0.2) is 4.99 Å². The fourth-order valence-electron chi connectivity index (χ4n) is 5.29. The molecule has 0 aliphatic carbocycles. The molecule has 0 fully saturated rings. The summed E-state index contributed by atoms with van der Waals surface area (Å²) >= 11 is 0. The summed E-state index contributed by atoms with van der Waals surface area (Å²) in [6.07, 6.45) is -3.37. The lowest BCUT2D eigenvalue weighted by Gasteiger charge is -2.27. The summed E-state index contributed by atoms with van der Waals surface area (Å²) < 4.78 is 0. The first-order valence-corrected chi connectivity index (χ1v) is 18.0. The number of aliphatic hydroxyl groups is 3. The summed E-state index contributed by atoms with van der Waals surface area (Å²) in [6, 6.07) is 3.20. The Morgan fingerprint density at radius 1 is 0.636 bits per heavy atom. The first kappa shape index (κ1) is 46.7. The molecule has 21 nitrogen and oxygen atoms in total. The molecular weight excluding hydrogens is 726 g/mol. The number of carbonyl (C=O) groups excluding carboxylic acids is 6. The van der Waals surface area contributed by atoms with Crippen molar-refractivity contribution in [2.75, 3.05) is 26.2 Å². The van der Waals surface area contributed by atoms with Crippen LogP contribution in [0.5, 0.6) is 0 Å². The van der Waals surface area contributed by atoms with Crippen molar-refractivity contribution in [2.24, 2.45) is 4.99 Å². The second-order valence-electron chi connectivity index (χ2n) is 13.1. The van der Waals surface area contributed by atoms with Gasteiger partial charge in [-0.2, -0.15) is 15.2 Å². The molecule has 1 aliphatic heterocycles. The Kier molecular flexibility index (Phi) is 20.5. The van der Waals surface area contributed by atoms with Gasteiger partial charge in [0.05, 0.1) is 12.8 Å². The third kappa shape index (κ3) is 17.7. The van der Waals surface area contributed by atoms with Gasteiger partial charge in [0.1, 0.15) is 42.9 Å². The molecular formula is C34H55N9O12. The van der Waals surface area contributed by atoms with Crippen molar-refractivity contribution in [3.8, 4) is 0 Å². The zero-order chi connectivity index (χ0) is 41.1. The molecule has 7 atom stereocenters. The van der Waals surface area contributed by atoms with Crippen LogP contribution >= 0.6 is 0 Å². The number of nitrogens with one attached hydrogen (secondary N) is 5. The average molecular weight is 782 g/mol. The Bertz CT molecular complexity index is 1430. The van der Waals surface area contributed by atoms with E-state index in [2.05, 4.69) is 31.6 Å². The maximum absolute atomic E-state index is 13.8. The molecule has 0 aromatic heterocycles. The number of hydrogen-bond acceptors (Lipinski definition) is 15. The Hall–Kier alpha value is -4.45. The number of amides is 6. The van der Waals surface area contributed by atoms with Gasteiger partial charge in [-0.1, -0.05) is 30.3 Å². The summed E-state index contributed by atoms with van der Waals surface area (Å²) in [5, 5.41) is 73.0. The predicted octanol–water partition coefficient (Wildman–Crippen LogP) is -2.68. The smallest absolute Gasteiger partial charge is 0.268 e. The summed E-state index contributed by atoms with van der Waals surface area (Å²) in [6.45, 7) is 2.91. The molecule has 2 rings (SSSR count). The summed E-state index contributed by atoms with van der Waals surface area (Å²) in [4.78, 5) is 83.9. The van der Waals surface area contributed by atoms with E-state index in [4.69, 9.17) is 0 Å². The van der Waals surface area contributed by atoms with E-state index >= 15 is 0 Å². The zero-order valence-electron chi connectivity index (χ0n) is 31.2. The number of hydroxylamine groups is 6. The fraction of sp³-hybridized carbons (Fsp3) is 0.618. The van der Waals surface area contributed by atoms with E-state index in [-0.39, 0.29) is 64.6 Å². The summed E-state index contributed by atoms with van der Waals surface area (Å²) in [5.74, 6) is -5.26. The third-order valence-electron chi connectivity index (χ3n) is 8.48. The highest BCUT2D eigenvalue weighted by atomic mass is 16.5. The lowest BCUT2D eigenvalue weighted by Crippen LogP contribution is -2.57. The molecule has 11 N–H and O–H groups in total. The van der Waals surface area contributed by atoms with Crippen LogP contribution in [0.15, 0.2) is 35.3 Å². The molecule has 21 heteroatoms. The monoisotopic (exact) mass is 781 g/mol. The normalized spacial score (nSPS) is 22.6. The van der Waals surface area contributed by atoms with Crippen LogP contribution in [0.25, 0.3) is 0 Å². The summed E-state index contributed by atoms with van der Waals surface area (Å²) in [7, 11) is 0. The maximum atomic E-state index is 13.8. The molecule has 0 spiro atoms. The third-order valence-corrected chi connectivity index (χ3v) is 8.48. The number of hydrogen-bond donors (Lipinski definition) is 11. The minimum Gasteiger partial charge on any atom is -0.377 e. The first-order valence-electron chi connectivity index (χ1n) is 18.0. The maximum Gasteiger partial charge on any atom is 0.268 e. The van der Waals surface area contributed by atoms with Gasteiger partial charge in [0.2, 0.25) is 23.6 Å². The second-order valence-corrected chi connectivity index (χ2v) is 13.1. The van der Waals surface area contributed by atoms with Gasteiger partial charge in [-0.15, -0.1) is 0 Å². The van der Waals surface area contributed by atoms with Crippen LogP contribution in [-0.4, -0.2) is 157 Å². The van der Waals surface area contributed by atoms with Gasteiger partial charge in [-0.05, 0) is 64.9 Å². The van der Waals surface area contributed by atoms with Crippen LogP contribution in [0, 0.1) is 0 Å². The highest BCUT2D eigenvalue weighted by molar-refractivity contribution is 6.28. The largest absolute Gasteiger partial charge is 0.377 e. The van der Waals surface area contributed by atoms with Crippen molar-refractivity contribution in [3.05, 3.63) is 35.9 Å². The quantitative estimate of drug-likeness (QED) is 0.0567. The summed E-state index contributed by atoms with van der Waals surface area (Å²) in [5.41, 5.74) is 0.642. The first-order chi connectivity index (χ1) is 26.0. The van der Waals surface area contributed by atoms with Gasteiger partial charge in [0.25, 0.3) is 11.8 Å². The topological polar surface area (TPSA) is 306 Å². The van der Waals surface area contributed by atoms with E-state index in [9.17, 15) is 59.7 Å². The molecule has 3 unspecified atom stereocenters. The lowest BCUT2D eigenvalue weighted by atomic mass is 10.0. The van der Waals surface area contributed by atoms with Crippen molar-refractivity contribution in [2.45, 2.75) is 109 Å². The highest BCUT2D eigenvalue weighted by Crippen LogP contribution is 2.09. The van der Waals surface area contributed by atoms with Gasteiger partial charge in [0, 0.05) is 26.1 Å². The van der Waals surface area contributed by atoms with Crippen LogP contribution < -0.4 is 26.6 Å². The lowest BCUT2D eigenvalue weighted by molar-refractivity contribution is -0.189. The number of carbonyl (C=O) groups is 6. The standard InChI is InChI=1S/C34H55N9O12/c1-21(44)41(53)15-7-12-25-31(49)35-20-30(48)38-28(18-24-10-5-4-6-11-24)32(50)36-19-29(47)37-26(13-8-16-42(54)22(2)45)33(51)40-27(34(52)39-25)14-9-17-43(55)23(3)46/h4-6,10-11,19,21-23,25-28,44-46,53-55H,7-9,12-18,20H2,1-3H3,(H,35,49)(H,37,47)(H,38,48)(H,39,52)(H,40,51)/t21?,22?,23?,25-,26-,27-,28+/m0/s1. The van der Waals surface area contributed by atoms with Crippen LogP contribution in [-0.2, 0) is 35.2 Å². The molecule has 1 aliphatic rings. The Morgan fingerprint density at radius 2 is 1.07 bits per heavy atom. The van der Waals surface area contributed by atoms with E-state index in [0.717, 1.165) is 0 Å². The van der Waals surface area contributed by atoms with Gasteiger partial charge in [-0.3, -0.25) is 28.8 Å². The van der Waals surface area contributed by atoms with Crippen molar-refractivity contribution >= 4 is 41.7 Å². The minimum absolute atomic E-state index is 0.0312. The fourth-order valence-corrected chi connectivity index (χ4v) is 5.29. The molecule has 0 saturated heterocycles. The molecule has 1 heterocycles. The Labute approximate surface area is 318 Å². The number of nitrogens with zero attached hydrogens (tertiary/aromatic N) is 4. The molecule has 1 aromatic carbocycles. The predicted molar refractivity (Wildman–Crippen MR) is 193 cm³/mol. The Balaban J connectivity index is 2.50. The van der Waals surface area contributed by atoms with E-state index in [1.54, 1.807) is 30.3 Å². The number of aliphatic hydroxyl groups excluding tert-OH is 3. The number of benzene rings is 1. The highest BCUT2D eigenvalue weighted by Gasteiger charge is 2.31. The molecule has 1 aromatic rings. The van der Waals surface area contributed by atoms with Crippen LogP contribution in [0.2, 0.25) is 0 Å². The number of aliphatic imine (C=N–C) groups is 1.